The number of para-hydroxylation sites is 1. The van der Waals surface area contributed by atoms with Gasteiger partial charge < -0.3 is 24.8 Å². The first kappa shape index (κ1) is 20.0. The molecule has 3 rings (SSSR count). The van der Waals surface area contributed by atoms with Gasteiger partial charge in [0.1, 0.15) is 6.04 Å². The Morgan fingerprint density at radius 2 is 1.75 bits per heavy atom. The zero-order valence-electron chi connectivity index (χ0n) is 17.0. The molecule has 0 unspecified atom stereocenters. The molecule has 6 nitrogen and oxygen atoms in total. The normalized spacial score (nSPS) is 15.8. The van der Waals surface area contributed by atoms with Crippen molar-refractivity contribution in [2.24, 2.45) is 0 Å². The molecule has 0 spiro atoms. The molecule has 1 aliphatic rings. The number of rotatable bonds is 6. The molecule has 1 amide bonds. The maximum atomic E-state index is 11.7. The zero-order valence-corrected chi connectivity index (χ0v) is 17.0. The van der Waals surface area contributed by atoms with Gasteiger partial charge in [0.2, 0.25) is 0 Å². The predicted molar refractivity (Wildman–Crippen MR) is 113 cm³/mol. The Morgan fingerprint density at radius 3 is 2.32 bits per heavy atom. The van der Waals surface area contributed by atoms with Gasteiger partial charge >= 0.3 is 6.09 Å². The number of carbonyl (C=O) groups is 1. The van der Waals surface area contributed by atoms with Crippen molar-refractivity contribution in [3.63, 3.8) is 0 Å². The summed E-state index contributed by atoms with van der Waals surface area (Å²) >= 11 is 0. The molecule has 1 aliphatic heterocycles. The fourth-order valence-electron chi connectivity index (χ4n) is 3.80. The first-order valence-electron chi connectivity index (χ1n) is 9.82. The molecule has 28 heavy (non-hydrogen) atoms. The summed E-state index contributed by atoms with van der Waals surface area (Å²) in [5, 5.41) is 2.90. The molecule has 6 heteroatoms. The first-order chi connectivity index (χ1) is 13.6. The molecule has 0 saturated carbocycles. The molecule has 2 N–H and O–H groups in total. The standard InChI is InChI=1S/C22H30N4O2/c1-24(2)19-11-9-18(10-12-19)21(17-23-22(27)28-3)26-15-13-25(14-16-26)20-7-5-4-6-8-20/h4-12,21H,13-17H2,1-3H3,(H,23,27)/p+1/t21-/m0/s1. The summed E-state index contributed by atoms with van der Waals surface area (Å²) in [6, 6.07) is 19.4. The van der Waals surface area contributed by atoms with E-state index in [0.717, 1.165) is 26.2 Å². The van der Waals surface area contributed by atoms with Crippen molar-refractivity contribution in [2.75, 3.05) is 63.7 Å². The topological polar surface area (TPSA) is 49.2 Å². The van der Waals surface area contributed by atoms with E-state index in [1.807, 2.05) is 14.1 Å². The summed E-state index contributed by atoms with van der Waals surface area (Å²) in [5.41, 5.74) is 3.69. The van der Waals surface area contributed by atoms with Crippen LogP contribution in [0.15, 0.2) is 54.6 Å². The number of nitrogens with one attached hydrogen (secondary N) is 2. The lowest BCUT2D eigenvalue weighted by Gasteiger charge is -2.37. The molecule has 1 saturated heterocycles. The van der Waals surface area contributed by atoms with Gasteiger partial charge in [0, 0.05) is 31.0 Å². The molecule has 2 aromatic carbocycles. The van der Waals surface area contributed by atoms with Crippen LogP contribution in [0.5, 0.6) is 0 Å². The van der Waals surface area contributed by atoms with Crippen LogP contribution in [0.1, 0.15) is 11.6 Å². The number of alkyl carbamates (subject to hydrolysis) is 1. The molecule has 0 bridgehead atoms. The molecule has 150 valence electrons. The van der Waals surface area contributed by atoms with Crippen molar-refractivity contribution >= 4 is 17.5 Å². The van der Waals surface area contributed by atoms with Gasteiger partial charge in [0.05, 0.1) is 39.8 Å². The molecular formula is C22H31N4O2+. The second kappa shape index (κ2) is 9.46. The lowest BCUT2D eigenvalue weighted by Crippen LogP contribution is -3.15. The fourth-order valence-corrected chi connectivity index (χ4v) is 3.80. The maximum Gasteiger partial charge on any atom is 0.407 e. The van der Waals surface area contributed by atoms with E-state index < -0.39 is 0 Å². The van der Waals surface area contributed by atoms with Gasteiger partial charge in [-0.2, -0.15) is 0 Å². The van der Waals surface area contributed by atoms with Crippen LogP contribution in [0, 0.1) is 0 Å². The van der Waals surface area contributed by atoms with Gasteiger partial charge in [-0.1, -0.05) is 30.3 Å². The number of carbonyl (C=O) groups excluding carboxylic acids is 1. The van der Waals surface area contributed by atoms with Crippen LogP contribution in [0.3, 0.4) is 0 Å². The van der Waals surface area contributed by atoms with E-state index >= 15 is 0 Å². The van der Waals surface area contributed by atoms with Gasteiger partial charge in [-0.25, -0.2) is 4.79 Å². The van der Waals surface area contributed by atoms with E-state index in [1.165, 1.54) is 28.9 Å². The van der Waals surface area contributed by atoms with E-state index in [1.54, 1.807) is 0 Å². The quantitative estimate of drug-likeness (QED) is 0.795. The smallest absolute Gasteiger partial charge is 0.407 e. The highest BCUT2D eigenvalue weighted by Crippen LogP contribution is 2.17. The highest BCUT2D eigenvalue weighted by Gasteiger charge is 2.29. The van der Waals surface area contributed by atoms with Crippen LogP contribution < -0.4 is 20.0 Å². The van der Waals surface area contributed by atoms with Crippen molar-refractivity contribution in [2.45, 2.75) is 6.04 Å². The second-order valence-corrected chi connectivity index (χ2v) is 7.39. The van der Waals surface area contributed by atoms with E-state index in [2.05, 4.69) is 69.7 Å². The number of nitrogens with zero attached hydrogens (tertiary/aromatic N) is 2. The Labute approximate surface area is 167 Å². The van der Waals surface area contributed by atoms with Crippen LogP contribution in [0.25, 0.3) is 0 Å². The third-order valence-electron chi connectivity index (χ3n) is 5.47. The molecule has 1 fully saturated rings. The summed E-state index contributed by atoms with van der Waals surface area (Å²) in [5.74, 6) is 0. The van der Waals surface area contributed by atoms with Gasteiger partial charge in [-0.15, -0.1) is 0 Å². The van der Waals surface area contributed by atoms with Crippen molar-refractivity contribution < 1.29 is 14.4 Å². The van der Waals surface area contributed by atoms with Crippen molar-refractivity contribution in [1.82, 2.24) is 5.32 Å². The first-order valence-corrected chi connectivity index (χ1v) is 9.82. The highest BCUT2D eigenvalue weighted by atomic mass is 16.5. The number of hydrogen-bond donors (Lipinski definition) is 2. The van der Waals surface area contributed by atoms with Crippen LogP contribution in [-0.4, -0.2) is 60.0 Å². The van der Waals surface area contributed by atoms with Gasteiger partial charge in [-0.05, 0) is 24.3 Å². The summed E-state index contributed by atoms with van der Waals surface area (Å²) in [6.45, 7) is 4.62. The average Bonchev–Trinajstić information content (AvgIpc) is 2.75. The van der Waals surface area contributed by atoms with Gasteiger partial charge in [-0.3, -0.25) is 0 Å². The van der Waals surface area contributed by atoms with Crippen LogP contribution in [0.4, 0.5) is 16.2 Å². The van der Waals surface area contributed by atoms with Crippen molar-refractivity contribution in [1.29, 1.82) is 0 Å². The van der Waals surface area contributed by atoms with Crippen LogP contribution in [0.2, 0.25) is 0 Å². The van der Waals surface area contributed by atoms with E-state index in [-0.39, 0.29) is 12.1 Å². The van der Waals surface area contributed by atoms with Crippen molar-refractivity contribution in [3.8, 4) is 0 Å². The lowest BCUT2D eigenvalue weighted by molar-refractivity contribution is -0.931. The number of anilines is 2. The van der Waals surface area contributed by atoms with Crippen LogP contribution in [-0.2, 0) is 4.74 Å². The Bertz CT molecular complexity index is 741. The third-order valence-corrected chi connectivity index (χ3v) is 5.47. The molecule has 0 aliphatic carbocycles. The van der Waals surface area contributed by atoms with Gasteiger partial charge in [0.25, 0.3) is 0 Å². The molecule has 2 aromatic rings. The molecule has 0 radical (unpaired) electrons. The SMILES string of the molecule is COC(=O)NC[C@@H](c1ccc(N(C)C)cc1)[NH+]1CCN(c2ccccc2)CC1. The minimum Gasteiger partial charge on any atom is -0.453 e. The third kappa shape index (κ3) is 4.95. The summed E-state index contributed by atoms with van der Waals surface area (Å²) in [7, 11) is 5.49. The number of quaternary nitrogens is 1. The number of ether oxygens (including phenoxy) is 1. The number of hydrogen-bond acceptors (Lipinski definition) is 4. The minimum absolute atomic E-state index is 0.202. The zero-order chi connectivity index (χ0) is 19.9. The molecule has 1 heterocycles. The average molecular weight is 384 g/mol. The largest absolute Gasteiger partial charge is 0.453 e. The van der Waals surface area contributed by atoms with E-state index in [4.69, 9.17) is 4.74 Å². The van der Waals surface area contributed by atoms with E-state index in [0.29, 0.717) is 6.54 Å². The number of methoxy groups -OCH3 is 1. The number of amides is 1. The summed E-state index contributed by atoms with van der Waals surface area (Å²) < 4.78 is 4.78. The van der Waals surface area contributed by atoms with E-state index in [9.17, 15) is 4.79 Å². The maximum absolute atomic E-state index is 11.7. The predicted octanol–water partition coefficient (Wildman–Crippen LogP) is 1.55. The van der Waals surface area contributed by atoms with Gasteiger partial charge in [0.15, 0.2) is 0 Å². The minimum atomic E-state index is -0.378. The molecule has 0 aromatic heterocycles. The summed E-state index contributed by atoms with van der Waals surface area (Å²) in [4.78, 5) is 17.7. The Morgan fingerprint density at radius 1 is 1.11 bits per heavy atom. The molecular weight excluding hydrogens is 352 g/mol. The van der Waals surface area contributed by atoms with Crippen molar-refractivity contribution in [3.05, 3.63) is 60.2 Å². The second-order valence-electron chi connectivity index (χ2n) is 7.39. The number of piperazine rings is 1. The summed E-state index contributed by atoms with van der Waals surface area (Å²) in [6.07, 6.45) is -0.378. The Hall–Kier alpha value is -2.73. The highest BCUT2D eigenvalue weighted by molar-refractivity contribution is 5.66. The lowest BCUT2D eigenvalue weighted by atomic mass is 10.0. The number of benzene rings is 2. The Kier molecular flexibility index (Phi) is 6.76. The Balaban J connectivity index is 1.71. The molecule has 1 atom stereocenters. The monoisotopic (exact) mass is 383 g/mol. The fraction of sp³-hybridized carbons (Fsp3) is 0.409. The van der Waals surface area contributed by atoms with Crippen LogP contribution >= 0.6 is 0 Å².